The monoisotopic (exact) mass is 191 g/mol. The van der Waals surface area contributed by atoms with Crippen LogP contribution in [0.3, 0.4) is 0 Å². The van der Waals surface area contributed by atoms with Crippen LogP contribution in [0.2, 0.25) is 0 Å². The van der Waals surface area contributed by atoms with Gasteiger partial charge in [-0.15, -0.1) is 0 Å². The molecule has 0 fully saturated rings. The first kappa shape index (κ1) is 12.6. The van der Waals surface area contributed by atoms with Gasteiger partial charge in [0.25, 0.3) is 0 Å². The summed E-state index contributed by atoms with van der Waals surface area (Å²) in [4.78, 5) is 8.17. The molecule has 1 rings (SSSR count). The van der Waals surface area contributed by atoms with Crippen molar-refractivity contribution in [2.45, 2.75) is 40.5 Å². The van der Waals surface area contributed by atoms with E-state index >= 15 is 0 Å². The maximum Gasteiger partial charge on any atom is 0.125 e. The van der Waals surface area contributed by atoms with E-state index in [0.29, 0.717) is 5.56 Å². The van der Waals surface area contributed by atoms with E-state index in [1.807, 2.05) is 34.6 Å². The molecule has 0 aliphatic rings. The first-order valence-corrected chi connectivity index (χ1v) is 4.88. The Kier molecular flexibility index (Phi) is 5.47. The molecule has 0 aliphatic heterocycles. The number of nitrogens with zero attached hydrogens (tertiary/aromatic N) is 3. The van der Waals surface area contributed by atoms with Crippen LogP contribution in [0.1, 0.15) is 50.7 Å². The van der Waals surface area contributed by atoms with Crippen molar-refractivity contribution in [1.29, 1.82) is 5.26 Å². The molecular formula is C11H17N3. The first-order valence-electron chi connectivity index (χ1n) is 4.88. The molecular weight excluding hydrogens is 174 g/mol. The van der Waals surface area contributed by atoms with Gasteiger partial charge in [0.05, 0.1) is 11.3 Å². The molecule has 0 saturated carbocycles. The summed E-state index contributed by atoms with van der Waals surface area (Å²) in [5.74, 6) is 0.999. The number of aryl methyl sites for hydroxylation is 1. The smallest absolute Gasteiger partial charge is 0.125 e. The number of hydrogen-bond donors (Lipinski definition) is 0. The molecule has 0 radical (unpaired) electrons. The molecule has 76 valence electrons. The lowest BCUT2D eigenvalue weighted by Gasteiger charge is -2.05. The van der Waals surface area contributed by atoms with Crippen molar-refractivity contribution in [2.75, 3.05) is 0 Å². The Morgan fingerprint density at radius 2 is 1.93 bits per heavy atom. The highest BCUT2D eigenvalue weighted by molar-refractivity contribution is 5.32. The Morgan fingerprint density at radius 1 is 1.36 bits per heavy atom. The van der Waals surface area contributed by atoms with E-state index in [1.54, 1.807) is 6.20 Å². The van der Waals surface area contributed by atoms with Crippen LogP contribution in [0, 0.1) is 18.3 Å². The second-order valence-corrected chi connectivity index (χ2v) is 2.98. The summed E-state index contributed by atoms with van der Waals surface area (Å²) < 4.78 is 0. The topological polar surface area (TPSA) is 49.6 Å². The van der Waals surface area contributed by atoms with Crippen LogP contribution < -0.4 is 0 Å². The van der Waals surface area contributed by atoms with Crippen molar-refractivity contribution >= 4 is 0 Å². The minimum Gasteiger partial charge on any atom is -0.240 e. The van der Waals surface area contributed by atoms with Crippen LogP contribution >= 0.6 is 0 Å². The minimum absolute atomic E-state index is 0.279. The second-order valence-electron chi connectivity index (χ2n) is 2.98. The van der Waals surface area contributed by atoms with E-state index in [0.717, 1.165) is 11.5 Å². The number of nitriles is 1. The van der Waals surface area contributed by atoms with E-state index in [9.17, 15) is 0 Å². The van der Waals surface area contributed by atoms with E-state index < -0.39 is 0 Å². The third-order valence-corrected chi connectivity index (χ3v) is 1.61. The van der Waals surface area contributed by atoms with Gasteiger partial charge in [0.15, 0.2) is 0 Å². The first-order chi connectivity index (χ1) is 6.65. The summed E-state index contributed by atoms with van der Waals surface area (Å²) in [6, 6.07) is 2.08. The SMILES string of the molecule is CC.Cc1ncc(C#N)c(C(C)C)n1. The summed E-state index contributed by atoms with van der Waals surface area (Å²) in [5, 5.41) is 8.73. The van der Waals surface area contributed by atoms with Gasteiger partial charge in [-0.05, 0) is 12.8 Å². The molecule has 0 bridgehead atoms. The number of rotatable bonds is 1. The van der Waals surface area contributed by atoms with Gasteiger partial charge >= 0.3 is 0 Å². The van der Waals surface area contributed by atoms with Gasteiger partial charge in [0.1, 0.15) is 11.9 Å². The molecule has 1 heterocycles. The zero-order chi connectivity index (χ0) is 11.1. The van der Waals surface area contributed by atoms with Crippen molar-refractivity contribution in [2.24, 2.45) is 0 Å². The molecule has 1 aromatic rings. The van der Waals surface area contributed by atoms with Gasteiger partial charge in [-0.1, -0.05) is 27.7 Å². The Bertz CT molecular complexity index is 324. The van der Waals surface area contributed by atoms with Crippen molar-refractivity contribution in [3.63, 3.8) is 0 Å². The molecule has 0 spiro atoms. The third-order valence-electron chi connectivity index (χ3n) is 1.61. The van der Waals surface area contributed by atoms with Crippen molar-refractivity contribution < 1.29 is 0 Å². The molecule has 0 aliphatic carbocycles. The van der Waals surface area contributed by atoms with Crippen molar-refractivity contribution in [3.05, 3.63) is 23.3 Å². The summed E-state index contributed by atoms with van der Waals surface area (Å²) >= 11 is 0. The highest BCUT2D eigenvalue weighted by Crippen LogP contribution is 2.14. The van der Waals surface area contributed by atoms with Gasteiger partial charge in [-0.25, -0.2) is 9.97 Å². The van der Waals surface area contributed by atoms with Gasteiger partial charge in [-0.2, -0.15) is 5.26 Å². The molecule has 3 nitrogen and oxygen atoms in total. The predicted octanol–water partition coefficient (Wildman–Crippen LogP) is 2.81. The van der Waals surface area contributed by atoms with Gasteiger partial charge in [0.2, 0.25) is 0 Å². The normalized spacial score (nSPS) is 8.93. The number of hydrogen-bond acceptors (Lipinski definition) is 3. The zero-order valence-electron chi connectivity index (χ0n) is 9.50. The zero-order valence-corrected chi connectivity index (χ0v) is 9.50. The maximum absolute atomic E-state index is 8.73. The Hall–Kier alpha value is -1.43. The van der Waals surface area contributed by atoms with Gasteiger partial charge < -0.3 is 0 Å². The Morgan fingerprint density at radius 3 is 2.36 bits per heavy atom. The standard InChI is InChI=1S/C9H11N3.C2H6/c1-6(2)9-8(4-10)5-11-7(3)12-9;1-2/h5-6H,1-3H3;1-2H3. The Balaban J connectivity index is 0.000000791. The fourth-order valence-electron chi connectivity index (χ4n) is 1.01. The maximum atomic E-state index is 8.73. The fourth-order valence-corrected chi connectivity index (χ4v) is 1.01. The average molecular weight is 191 g/mol. The number of aromatic nitrogens is 2. The molecule has 0 atom stereocenters. The van der Waals surface area contributed by atoms with E-state index in [1.165, 1.54) is 0 Å². The highest BCUT2D eigenvalue weighted by Gasteiger charge is 2.08. The highest BCUT2D eigenvalue weighted by atomic mass is 14.9. The quantitative estimate of drug-likeness (QED) is 0.685. The average Bonchev–Trinajstić information content (AvgIpc) is 2.20. The molecule has 0 saturated heterocycles. The summed E-state index contributed by atoms with van der Waals surface area (Å²) in [5.41, 5.74) is 1.42. The molecule has 1 aromatic heterocycles. The van der Waals surface area contributed by atoms with Gasteiger partial charge in [0, 0.05) is 6.20 Å². The van der Waals surface area contributed by atoms with E-state index in [4.69, 9.17) is 5.26 Å². The lowest BCUT2D eigenvalue weighted by Crippen LogP contribution is -2.00. The fraction of sp³-hybridized carbons (Fsp3) is 0.545. The molecule has 0 aromatic carbocycles. The van der Waals surface area contributed by atoms with Crippen LogP contribution in [0.15, 0.2) is 6.20 Å². The molecule has 0 N–H and O–H groups in total. The Labute approximate surface area is 85.8 Å². The van der Waals surface area contributed by atoms with E-state index in [-0.39, 0.29) is 5.92 Å². The van der Waals surface area contributed by atoms with Crippen LogP contribution in [-0.4, -0.2) is 9.97 Å². The summed E-state index contributed by atoms with van der Waals surface area (Å²) in [7, 11) is 0. The lowest BCUT2D eigenvalue weighted by molar-refractivity contribution is 0.796. The summed E-state index contributed by atoms with van der Waals surface area (Å²) in [6.07, 6.45) is 1.58. The molecule has 0 amide bonds. The van der Waals surface area contributed by atoms with Crippen molar-refractivity contribution in [1.82, 2.24) is 9.97 Å². The second kappa shape index (κ2) is 6.09. The largest absolute Gasteiger partial charge is 0.240 e. The third kappa shape index (κ3) is 3.14. The van der Waals surface area contributed by atoms with Crippen LogP contribution in [-0.2, 0) is 0 Å². The molecule has 14 heavy (non-hydrogen) atoms. The van der Waals surface area contributed by atoms with Gasteiger partial charge in [-0.3, -0.25) is 0 Å². The van der Waals surface area contributed by atoms with Crippen molar-refractivity contribution in [3.8, 4) is 6.07 Å². The minimum atomic E-state index is 0.279. The summed E-state index contributed by atoms with van der Waals surface area (Å²) in [6.45, 7) is 9.86. The van der Waals surface area contributed by atoms with E-state index in [2.05, 4.69) is 16.0 Å². The van der Waals surface area contributed by atoms with Crippen LogP contribution in [0.5, 0.6) is 0 Å². The van der Waals surface area contributed by atoms with Crippen LogP contribution in [0.4, 0.5) is 0 Å². The van der Waals surface area contributed by atoms with Crippen LogP contribution in [0.25, 0.3) is 0 Å². The molecule has 0 unspecified atom stereocenters. The lowest BCUT2D eigenvalue weighted by atomic mass is 10.1. The predicted molar refractivity (Wildman–Crippen MR) is 56.9 cm³/mol. The molecule has 3 heteroatoms.